The number of hydrazone groups is 1. The molecule has 0 saturated carbocycles. The van der Waals surface area contributed by atoms with E-state index in [1.807, 2.05) is 0 Å². The molecule has 1 aromatic carbocycles. The summed E-state index contributed by atoms with van der Waals surface area (Å²) in [6.45, 7) is 1.25. The fraction of sp³-hybridized carbons (Fsp3) is 0.294. The van der Waals surface area contributed by atoms with Gasteiger partial charge in [-0.25, -0.2) is 0 Å². The summed E-state index contributed by atoms with van der Waals surface area (Å²) in [5.41, 5.74) is -3.42. The number of para-hydroxylation sites is 1. The number of rotatable bonds is 4. The lowest BCUT2D eigenvalue weighted by Crippen LogP contribution is -2.56. The van der Waals surface area contributed by atoms with Crippen molar-refractivity contribution in [3.05, 3.63) is 52.4 Å². The molecule has 0 bridgehead atoms. The monoisotopic (exact) mass is 446 g/mol. The van der Waals surface area contributed by atoms with E-state index in [9.17, 15) is 23.1 Å². The van der Waals surface area contributed by atoms with E-state index in [1.54, 1.807) is 24.3 Å². The summed E-state index contributed by atoms with van der Waals surface area (Å²) < 4.78 is 51.2. The van der Waals surface area contributed by atoms with Gasteiger partial charge in [0.15, 0.2) is 5.76 Å². The third-order valence-corrected chi connectivity index (χ3v) is 4.50. The Balaban J connectivity index is 1.76. The number of nitrogens with zero attached hydrogens (tertiary/aromatic N) is 2. The van der Waals surface area contributed by atoms with E-state index in [0.29, 0.717) is 10.2 Å². The molecule has 3 rings (SSSR count). The molecule has 1 atom stereocenters. The van der Waals surface area contributed by atoms with Crippen molar-refractivity contribution in [2.75, 3.05) is 0 Å². The average molecular weight is 447 g/mol. The number of benzene rings is 1. The lowest BCUT2D eigenvalue weighted by Gasteiger charge is -2.32. The second-order valence-corrected chi connectivity index (χ2v) is 6.78. The minimum Gasteiger partial charge on any atom is -0.484 e. The van der Waals surface area contributed by atoms with E-state index >= 15 is 0 Å². The van der Waals surface area contributed by atoms with Crippen LogP contribution in [0.4, 0.5) is 13.2 Å². The highest BCUT2D eigenvalue weighted by Gasteiger charge is 2.63. The Morgan fingerprint density at radius 2 is 2.07 bits per heavy atom. The zero-order valence-corrected chi connectivity index (χ0v) is 15.5. The summed E-state index contributed by atoms with van der Waals surface area (Å²) in [6, 6.07) is 9.68. The second-order valence-electron chi connectivity index (χ2n) is 5.93. The quantitative estimate of drug-likeness (QED) is 0.767. The third-order valence-electron chi connectivity index (χ3n) is 3.85. The predicted octanol–water partition coefficient (Wildman–Crippen LogP) is 4.09. The number of amides is 1. The van der Waals surface area contributed by atoms with Crippen LogP contribution >= 0.6 is 15.9 Å². The Hall–Kier alpha value is -2.33. The van der Waals surface area contributed by atoms with Crippen molar-refractivity contribution < 1.29 is 32.2 Å². The number of hydrogen-bond donors (Lipinski definition) is 1. The topological polar surface area (TPSA) is 75.3 Å². The number of halogens is 4. The molecule has 27 heavy (non-hydrogen) atoms. The van der Waals surface area contributed by atoms with Gasteiger partial charge in [-0.2, -0.15) is 23.3 Å². The van der Waals surface area contributed by atoms with Gasteiger partial charge in [-0.15, -0.1) is 0 Å². The summed E-state index contributed by atoms with van der Waals surface area (Å²) >= 11 is 3.31. The van der Waals surface area contributed by atoms with E-state index in [0.717, 1.165) is 0 Å². The van der Waals surface area contributed by atoms with Gasteiger partial charge < -0.3 is 14.3 Å². The smallest absolute Gasteiger partial charge is 0.438 e. The van der Waals surface area contributed by atoms with E-state index in [-0.39, 0.29) is 28.8 Å². The first-order valence-electron chi connectivity index (χ1n) is 7.75. The van der Waals surface area contributed by atoms with Crippen LogP contribution in [0, 0.1) is 0 Å². The van der Waals surface area contributed by atoms with Gasteiger partial charge in [0.05, 0.1) is 4.47 Å². The SMILES string of the molecule is CC1=NN(C(=O)c2ccc(COc3ccccc3Br)o2)[C@](O)(C(F)(F)F)C1. The average Bonchev–Trinajstić information content (AvgIpc) is 3.18. The van der Waals surface area contributed by atoms with Gasteiger partial charge in [0.1, 0.15) is 18.1 Å². The van der Waals surface area contributed by atoms with Crippen LogP contribution in [0.3, 0.4) is 0 Å². The van der Waals surface area contributed by atoms with E-state index in [2.05, 4.69) is 21.0 Å². The lowest BCUT2D eigenvalue weighted by molar-refractivity contribution is -0.297. The first kappa shape index (κ1) is 19.4. The first-order chi connectivity index (χ1) is 12.6. The van der Waals surface area contributed by atoms with Crippen LogP contribution in [-0.4, -0.2) is 33.6 Å². The molecule has 6 nitrogen and oxygen atoms in total. The van der Waals surface area contributed by atoms with Crippen LogP contribution in [0.5, 0.6) is 5.75 Å². The molecule has 144 valence electrons. The standard InChI is InChI=1S/C17H14BrF3N2O4/c1-10-8-16(25,17(19,20)21)23(22-10)15(24)14-7-6-11(27-14)9-26-13-5-3-2-4-12(13)18/h2-7,25H,8-9H2,1H3/t16-/m1/s1. The summed E-state index contributed by atoms with van der Waals surface area (Å²) in [5.74, 6) is -0.821. The van der Waals surface area contributed by atoms with Crippen molar-refractivity contribution in [3.63, 3.8) is 0 Å². The van der Waals surface area contributed by atoms with Crippen molar-refractivity contribution in [2.24, 2.45) is 5.10 Å². The van der Waals surface area contributed by atoms with Gasteiger partial charge in [-0.3, -0.25) is 4.79 Å². The van der Waals surface area contributed by atoms with Crippen LogP contribution in [-0.2, 0) is 6.61 Å². The summed E-state index contributed by atoms with van der Waals surface area (Å²) in [7, 11) is 0. The first-order valence-corrected chi connectivity index (χ1v) is 8.55. The van der Waals surface area contributed by atoms with Gasteiger partial charge in [-0.1, -0.05) is 12.1 Å². The number of hydrogen-bond acceptors (Lipinski definition) is 5. The Morgan fingerprint density at radius 3 is 2.74 bits per heavy atom. The maximum atomic E-state index is 13.2. The largest absolute Gasteiger partial charge is 0.484 e. The number of furan rings is 1. The van der Waals surface area contributed by atoms with E-state index in [4.69, 9.17) is 9.15 Å². The summed E-state index contributed by atoms with van der Waals surface area (Å²) in [5, 5.41) is 13.5. The van der Waals surface area contributed by atoms with E-state index in [1.165, 1.54) is 19.1 Å². The predicted molar refractivity (Wildman–Crippen MR) is 92.1 cm³/mol. The van der Waals surface area contributed by atoms with E-state index < -0.39 is 24.2 Å². The van der Waals surface area contributed by atoms with Gasteiger partial charge in [0.25, 0.3) is 5.72 Å². The highest BCUT2D eigenvalue weighted by atomic mass is 79.9. The van der Waals surface area contributed by atoms with Crippen molar-refractivity contribution in [2.45, 2.75) is 31.9 Å². The molecule has 1 aromatic heterocycles. The second kappa shape index (κ2) is 7.01. The number of carbonyl (C=O) groups excluding carboxylic acids is 1. The molecule has 0 unspecified atom stereocenters. The van der Waals surface area contributed by atoms with Gasteiger partial charge in [-0.05, 0) is 47.1 Å². The number of aliphatic hydroxyl groups is 1. The van der Waals surface area contributed by atoms with Gasteiger partial charge in [0.2, 0.25) is 0 Å². The highest BCUT2D eigenvalue weighted by molar-refractivity contribution is 9.10. The maximum Gasteiger partial charge on any atom is 0.438 e. The highest BCUT2D eigenvalue weighted by Crippen LogP contribution is 2.41. The molecule has 0 saturated heterocycles. The van der Waals surface area contributed by atoms with Crippen molar-refractivity contribution in [1.29, 1.82) is 0 Å². The molecule has 2 heterocycles. The minimum absolute atomic E-state index is 0.0135. The van der Waals surface area contributed by atoms with Crippen LogP contribution in [0.2, 0.25) is 0 Å². The molecule has 0 fully saturated rings. The van der Waals surface area contributed by atoms with Crippen LogP contribution in [0.1, 0.15) is 29.7 Å². The number of alkyl halides is 3. The maximum absolute atomic E-state index is 13.2. The molecular weight excluding hydrogens is 433 g/mol. The molecule has 0 spiro atoms. The fourth-order valence-electron chi connectivity index (χ4n) is 2.54. The lowest BCUT2D eigenvalue weighted by atomic mass is 10.1. The Morgan fingerprint density at radius 1 is 1.37 bits per heavy atom. The molecule has 1 aliphatic heterocycles. The third kappa shape index (κ3) is 3.72. The Labute approximate surface area is 160 Å². The Kier molecular flexibility index (Phi) is 5.04. The molecule has 0 aliphatic carbocycles. The van der Waals surface area contributed by atoms with Crippen molar-refractivity contribution in [1.82, 2.24) is 5.01 Å². The zero-order chi connectivity index (χ0) is 19.8. The summed E-state index contributed by atoms with van der Waals surface area (Å²) in [6.07, 6.45) is -5.89. The molecule has 0 radical (unpaired) electrons. The molecule has 1 aliphatic rings. The molecule has 10 heteroatoms. The van der Waals surface area contributed by atoms with Crippen LogP contribution < -0.4 is 4.74 Å². The minimum atomic E-state index is -5.07. The Bertz CT molecular complexity index is 896. The molecule has 1 N–H and O–H groups in total. The number of carbonyl (C=O) groups is 1. The molecule has 1 amide bonds. The van der Waals surface area contributed by atoms with Crippen molar-refractivity contribution >= 4 is 27.5 Å². The molecule has 2 aromatic rings. The molecular formula is C17H14BrF3N2O4. The van der Waals surface area contributed by atoms with Crippen LogP contribution in [0.25, 0.3) is 0 Å². The van der Waals surface area contributed by atoms with Crippen LogP contribution in [0.15, 0.2) is 50.4 Å². The normalized spacial score (nSPS) is 19.9. The summed E-state index contributed by atoms with van der Waals surface area (Å²) in [4.78, 5) is 12.4. The number of ether oxygens (including phenoxy) is 1. The fourth-order valence-corrected chi connectivity index (χ4v) is 2.94. The zero-order valence-electron chi connectivity index (χ0n) is 14.0. The van der Waals surface area contributed by atoms with Gasteiger partial charge in [0, 0.05) is 12.1 Å². The van der Waals surface area contributed by atoms with Gasteiger partial charge >= 0.3 is 12.1 Å². The van der Waals surface area contributed by atoms with Crippen molar-refractivity contribution in [3.8, 4) is 5.75 Å².